The Hall–Kier alpha value is -0.880. The average Bonchev–Trinajstić information content (AvgIpc) is 2.34. The molecule has 0 aliphatic carbocycles. The van der Waals surface area contributed by atoms with Crippen LogP contribution in [0.1, 0.15) is 19.8 Å². The van der Waals surface area contributed by atoms with E-state index in [1.165, 1.54) is 37.2 Å². The lowest BCUT2D eigenvalue weighted by molar-refractivity contribution is -0.869. The van der Waals surface area contributed by atoms with Gasteiger partial charge in [-0.05, 0) is 30.7 Å². The van der Waals surface area contributed by atoms with Crippen LogP contribution in [-0.4, -0.2) is 45.1 Å². The third-order valence-corrected chi connectivity index (χ3v) is 3.57. The van der Waals surface area contributed by atoms with Gasteiger partial charge in [-0.2, -0.15) is 0 Å². The summed E-state index contributed by atoms with van der Waals surface area (Å²) >= 11 is 5.46. The van der Waals surface area contributed by atoms with Gasteiger partial charge in [-0.25, -0.2) is 8.42 Å². The Bertz CT molecular complexity index is 531. The van der Waals surface area contributed by atoms with Crippen molar-refractivity contribution in [2.45, 2.75) is 24.7 Å². The Kier molecular flexibility index (Phi) is 8.82. The summed E-state index contributed by atoms with van der Waals surface area (Å²) in [5.41, 5.74) is 0. The Balaban J connectivity index is 0.000000384. The lowest BCUT2D eigenvalue weighted by Gasteiger charge is -2.22. The smallest absolute Gasteiger partial charge is 0.124 e. The summed E-state index contributed by atoms with van der Waals surface area (Å²) < 4.78 is 32.1. The number of quaternary nitrogens is 1. The second kappa shape index (κ2) is 9.20. The van der Waals surface area contributed by atoms with Gasteiger partial charge in [0, 0.05) is 11.4 Å². The highest BCUT2D eigenvalue weighted by Crippen LogP contribution is 2.12. The van der Waals surface area contributed by atoms with Crippen LogP contribution in [0, 0.1) is 0 Å². The number of benzene rings is 1. The van der Waals surface area contributed by atoms with Gasteiger partial charge in [0.2, 0.25) is 0 Å². The van der Waals surface area contributed by atoms with E-state index in [4.69, 9.17) is 11.6 Å². The maximum absolute atomic E-state index is 10.3. The molecule has 0 aliphatic heterocycles. The molecule has 6 heteroatoms. The summed E-state index contributed by atoms with van der Waals surface area (Å²) in [5, 5.41) is 0.400. The number of allylic oxidation sites excluding steroid dienone is 1. The van der Waals surface area contributed by atoms with Gasteiger partial charge < -0.3 is 9.04 Å². The van der Waals surface area contributed by atoms with Crippen LogP contribution in [0.3, 0.4) is 0 Å². The molecule has 0 saturated carbocycles. The minimum Gasteiger partial charge on any atom is -0.744 e. The van der Waals surface area contributed by atoms with Gasteiger partial charge in [0.1, 0.15) is 10.1 Å². The van der Waals surface area contributed by atoms with Crippen LogP contribution in [0.15, 0.2) is 41.3 Å². The van der Waals surface area contributed by atoms with Gasteiger partial charge in [-0.1, -0.05) is 30.7 Å². The minimum atomic E-state index is -4.33. The molecule has 21 heavy (non-hydrogen) atoms. The first kappa shape index (κ1) is 20.1. The molecule has 0 N–H and O–H groups in total. The molecule has 120 valence electrons. The molecule has 4 nitrogen and oxygen atoms in total. The molecule has 0 spiro atoms. The second-order valence-corrected chi connectivity index (χ2v) is 7.41. The standard InChI is InChI=1S/C9H20N.C6H5ClO3S/c1-5-6-7-8-9-10(2,3)4;7-5-1-3-6(4-2-5)11(8,9)10/h6-7H,5,8-9H2,1-4H3;1-4H,(H,8,9,10)/q+1;/p-1/b7-6+;. The molecule has 0 radical (unpaired) electrons. The van der Waals surface area contributed by atoms with Crippen LogP contribution in [-0.2, 0) is 10.1 Å². The van der Waals surface area contributed by atoms with Crippen molar-refractivity contribution in [3.63, 3.8) is 0 Å². The zero-order valence-electron chi connectivity index (χ0n) is 13.0. The van der Waals surface area contributed by atoms with Crippen molar-refractivity contribution in [2.24, 2.45) is 0 Å². The normalized spacial score (nSPS) is 12.1. The fraction of sp³-hybridized carbons (Fsp3) is 0.467. The second-order valence-electron chi connectivity index (χ2n) is 5.59. The van der Waals surface area contributed by atoms with E-state index in [0.29, 0.717) is 5.02 Å². The molecular weight excluding hydrogens is 310 g/mol. The topological polar surface area (TPSA) is 57.2 Å². The molecule has 0 amide bonds. The largest absolute Gasteiger partial charge is 0.744 e. The Morgan fingerprint density at radius 2 is 1.67 bits per heavy atom. The molecule has 1 aromatic carbocycles. The first-order valence-corrected chi connectivity index (χ1v) is 8.52. The van der Waals surface area contributed by atoms with E-state index in [2.05, 4.69) is 40.2 Å². The van der Waals surface area contributed by atoms with Crippen molar-refractivity contribution in [1.82, 2.24) is 0 Å². The van der Waals surface area contributed by atoms with Gasteiger partial charge in [-0.3, -0.25) is 0 Å². The average molecular weight is 334 g/mol. The number of halogens is 1. The summed E-state index contributed by atoms with van der Waals surface area (Å²) in [6, 6.07) is 5.05. The predicted octanol–water partition coefficient (Wildman–Crippen LogP) is 3.29. The van der Waals surface area contributed by atoms with Crippen molar-refractivity contribution in [2.75, 3.05) is 27.7 Å². The highest BCUT2D eigenvalue weighted by atomic mass is 35.5. The van der Waals surface area contributed by atoms with E-state index in [1.54, 1.807) is 0 Å². The van der Waals surface area contributed by atoms with Crippen LogP contribution in [0.2, 0.25) is 5.02 Å². The van der Waals surface area contributed by atoms with Crippen molar-refractivity contribution in [1.29, 1.82) is 0 Å². The van der Waals surface area contributed by atoms with Crippen LogP contribution < -0.4 is 0 Å². The van der Waals surface area contributed by atoms with Crippen LogP contribution in [0.25, 0.3) is 0 Å². The molecule has 1 aromatic rings. The van der Waals surface area contributed by atoms with E-state index in [9.17, 15) is 13.0 Å². The maximum Gasteiger partial charge on any atom is 0.124 e. The predicted molar refractivity (Wildman–Crippen MR) is 86.4 cm³/mol. The monoisotopic (exact) mass is 333 g/mol. The quantitative estimate of drug-likeness (QED) is 0.472. The molecule has 0 fully saturated rings. The number of rotatable bonds is 5. The van der Waals surface area contributed by atoms with E-state index < -0.39 is 10.1 Å². The third kappa shape index (κ3) is 11.5. The van der Waals surface area contributed by atoms with E-state index in [1.807, 2.05) is 0 Å². The van der Waals surface area contributed by atoms with Gasteiger partial charge >= 0.3 is 0 Å². The molecule has 0 unspecified atom stereocenters. The Morgan fingerprint density at radius 1 is 1.14 bits per heavy atom. The maximum atomic E-state index is 10.3. The highest BCUT2D eigenvalue weighted by Gasteiger charge is 2.02. The highest BCUT2D eigenvalue weighted by molar-refractivity contribution is 7.85. The summed E-state index contributed by atoms with van der Waals surface area (Å²) in [6.45, 7) is 3.40. The van der Waals surface area contributed by atoms with Crippen molar-refractivity contribution in [3.05, 3.63) is 41.4 Å². The third-order valence-electron chi connectivity index (χ3n) is 2.47. The summed E-state index contributed by atoms with van der Waals surface area (Å²) in [6.07, 6.45) is 6.87. The molecule has 0 aliphatic rings. The Morgan fingerprint density at radius 3 is 2.05 bits per heavy atom. The molecule has 0 saturated heterocycles. The summed E-state index contributed by atoms with van der Waals surface area (Å²) in [4.78, 5) is -0.262. The minimum absolute atomic E-state index is 0.262. The first-order chi connectivity index (χ1) is 9.56. The molecule has 1 rings (SSSR count). The van der Waals surface area contributed by atoms with Crippen molar-refractivity contribution < 1.29 is 17.5 Å². The van der Waals surface area contributed by atoms with Gasteiger partial charge in [0.15, 0.2) is 0 Å². The number of hydrogen-bond donors (Lipinski definition) is 0. The summed E-state index contributed by atoms with van der Waals surface area (Å²) in [5.74, 6) is 0. The number of nitrogens with zero attached hydrogens (tertiary/aromatic N) is 1. The molecule has 0 heterocycles. The zero-order valence-corrected chi connectivity index (χ0v) is 14.6. The van der Waals surface area contributed by atoms with Crippen molar-refractivity contribution >= 4 is 21.7 Å². The molecule has 0 bridgehead atoms. The van der Waals surface area contributed by atoms with Crippen LogP contribution in [0.4, 0.5) is 0 Å². The van der Waals surface area contributed by atoms with E-state index in [-0.39, 0.29) is 4.90 Å². The lowest BCUT2D eigenvalue weighted by atomic mass is 10.3. The summed E-state index contributed by atoms with van der Waals surface area (Å²) in [7, 11) is 2.34. The first-order valence-electron chi connectivity index (χ1n) is 6.73. The fourth-order valence-corrected chi connectivity index (χ4v) is 1.94. The van der Waals surface area contributed by atoms with E-state index >= 15 is 0 Å². The fourth-order valence-electron chi connectivity index (χ4n) is 1.35. The lowest BCUT2D eigenvalue weighted by Crippen LogP contribution is -2.34. The molecule has 0 aromatic heterocycles. The zero-order chi connectivity index (χ0) is 16.5. The van der Waals surface area contributed by atoms with Crippen LogP contribution >= 0.6 is 11.6 Å². The van der Waals surface area contributed by atoms with Gasteiger partial charge in [-0.15, -0.1) is 0 Å². The van der Waals surface area contributed by atoms with E-state index in [0.717, 1.165) is 10.9 Å². The van der Waals surface area contributed by atoms with Gasteiger partial charge in [0.05, 0.1) is 32.6 Å². The molecular formula is C15H24ClNO3S. The SMILES string of the molecule is CC/C=C/CC[N+](C)(C)C.O=S(=O)([O-])c1ccc(Cl)cc1. The Labute approximate surface area is 133 Å². The van der Waals surface area contributed by atoms with Crippen molar-refractivity contribution in [3.8, 4) is 0 Å². The van der Waals surface area contributed by atoms with Gasteiger partial charge in [0.25, 0.3) is 0 Å². The molecule has 0 atom stereocenters. The number of hydrogen-bond acceptors (Lipinski definition) is 3. The van der Waals surface area contributed by atoms with Crippen LogP contribution in [0.5, 0.6) is 0 Å².